The van der Waals surface area contributed by atoms with Crippen LogP contribution in [0.2, 0.25) is 0 Å². The summed E-state index contributed by atoms with van der Waals surface area (Å²) in [6.45, 7) is 6.57. The highest BCUT2D eigenvalue weighted by Crippen LogP contribution is 2.19. The van der Waals surface area contributed by atoms with Crippen LogP contribution >= 0.6 is 0 Å². The summed E-state index contributed by atoms with van der Waals surface area (Å²) in [5.41, 5.74) is 0. The number of carbonyl (C=O) groups is 3. The highest BCUT2D eigenvalue weighted by Gasteiger charge is 2.19. The largest absolute Gasteiger partial charge is 0.462 e. The molecule has 0 saturated heterocycles. The van der Waals surface area contributed by atoms with Gasteiger partial charge in [0.05, 0.1) is 0 Å². The molecule has 0 heterocycles. The molecule has 6 nitrogen and oxygen atoms in total. The average Bonchev–Trinajstić information content (AvgIpc) is 3.47. The van der Waals surface area contributed by atoms with E-state index in [2.05, 4.69) is 69.4 Å². The van der Waals surface area contributed by atoms with E-state index in [9.17, 15) is 14.4 Å². The van der Waals surface area contributed by atoms with E-state index in [-0.39, 0.29) is 31.1 Å². The van der Waals surface area contributed by atoms with Gasteiger partial charge in [0.15, 0.2) is 6.10 Å². The number of allylic oxidation sites excluding steroid dienone is 8. The summed E-state index contributed by atoms with van der Waals surface area (Å²) < 4.78 is 16.9. The van der Waals surface area contributed by atoms with Gasteiger partial charge in [0.25, 0.3) is 0 Å². The standard InChI is InChI=1S/C75H138O6/c1-4-7-10-13-16-19-22-24-26-28-30-32-33-34-35-36-37-38-39-40-41-42-44-45-47-49-51-53-56-59-62-65-68-74(77)80-71-72(70-79-73(76)67-64-61-58-55-21-18-15-12-9-6-3)81-75(78)69-66-63-60-57-54-52-50-48-46-43-31-29-27-25-23-20-17-14-11-8-5-2/h8,11,17,20,25,27,31,43,72H,4-7,9-10,12-16,18-19,21-24,26,28-30,32-42,44-71H2,1-3H3/b11-8-,20-17-,27-25-,43-31-. The maximum atomic E-state index is 12.9. The first-order valence-corrected chi connectivity index (χ1v) is 36.1. The predicted octanol–water partition coefficient (Wildman–Crippen LogP) is 24.9. The van der Waals surface area contributed by atoms with Crippen LogP contribution in [0.4, 0.5) is 0 Å². The lowest BCUT2D eigenvalue weighted by Gasteiger charge is -2.18. The van der Waals surface area contributed by atoms with Gasteiger partial charge >= 0.3 is 17.9 Å². The van der Waals surface area contributed by atoms with Crippen LogP contribution in [0.15, 0.2) is 48.6 Å². The predicted molar refractivity (Wildman–Crippen MR) is 353 cm³/mol. The molecule has 0 saturated carbocycles. The number of hydrogen-bond acceptors (Lipinski definition) is 6. The molecule has 0 bridgehead atoms. The third-order valence-corrected chi connectivity index (χ3v) is 16.3. The number of ether oxygens (including phenoxy) is 3. The fraction of sp³-hybridized carbons (Fsp3) is 0.853. The van der Waals surface area contributed by atoms with Gasteiger partial charge in [-0.3, -0.25) is 14.4 Å². The van der Waals surface area contributed by atoms with Crippen molar-refractivity contribution in [1.82, 2.24) is 0 Å². The summed E-state index contributed by atoms with van der Waals surface area (Å²) >= 11 is 0. The van der Waals surface area contributed by atoms with E-state index in [1.165, 1.54) is 263 Å². The van der Waals surface area contributed by atoms with E-state index in [0.29, 0.717) is 19.3 Å². The number of carbonyl (C=O) groups excluding carboxylic acids is 3. The van der Waals surface area contributed by atoms with Gasteiger partial charge in [0.1, 0.15) is 13.2 Å². The van der Waals surface area contributed by atoms with Gasteiger partial charge in [-0.05, 0) is 57.8 Å². The van der Waals surface area contributed by atoms with Gasteiger partial charge < -0.3 is 14.2 Å². The zero-order valence-electron chi connectivity index (χ0n) is 54.6. The van der Waals surface area contributed by atoms with E-state index in [1.807, 2.05) is 0 Å². The minimum Gasteiger partial charge on any atom is -0.462 e. The smallest absolute Gasteiger partial charge is 0.306 e. The molecule has 1 atom stereocenters. The third kappa shape index (κ3) is 68.0. The maximum Gasteiger partial charge on any atom is 0.306 e. The molecule has 0 spiro atoms. The molecule has 6 heteroatoms. The number of hydrogen-bond donors (Lipinski definition) is 0. The van der Waals surface area contributed by atoms with Gasteiger partial charge in [-0.1, -0.05) is 365 Å². The highest BCUT2D eigenvalue weighted by molar-refractivity contribution is 5.71. The normalized spacial score (nSPS) is 12.3. The molecule has 0 aliphatic carbocycles. The van der Waals surface area contributed by atoms with Crippen LogP contribution in [0.3, 0.4) is 0 Å². The fourth-order valence-corrected chi connectivity index (χ4v) is 11.0. The Morgan fingerprint density at radius 1 is 0.259 bits per heavy atom. The van der Waals surface area contributed by atoms with Crippen molar-refractivity contribution in [2.45, 2.75) is 399 Å². The molecular weight excluding hydrogens is 997 g/mol. The summed E-state index contributed by atoms with van der Waals surface area (Å²) in [6.07, 6.45) is 88.8. The van der Waals surface area contributed by atoms with Crippen LogP contribution in [-0.4, -0.2) is 37.2 Å². The summed E-state index contributed by atoms with van der Waals surface area (Å²) in [4.78, 5) is 38.3. The molecule has 0 aliphatic rings. The Morgan fingerprint density at radius 2 is 0.481 bits per heavy atom. The van der Waals surface area contributed by atoms with Crippen LogP contribution < -0.4 is 0 Å². The second-order valence-corrected chi connectivity index (χ2v) is 24.5. The van der Waals surface area contributed by atoms with Crippen molar-refractivity contribution in [2.24, 2.45) is 0 Å². The molecule has 0 aliphatic heterocycles. The Balaban J connectivity index is 4.08. The van der Waals surface area contributed by atoms with Crippen LogP contribution in [0.1, 0.15) is 393 Å². The number of unbranched alkanes of at least 4 members (excludes halogenated alkanes) is 48. The first kappa shape index (κ1) is 78.4. The van der Waals surface area contributed by atoms with Crippen molar-refractivity contribution in [2.75, 3.05) is 13.2 Å². The Bertz CT molecular complexity index is 1400. The second-order valence-electron chi connectivity index (χ2n) is 24.5. The van der Waals surface area contributed by atoms with E-state index < -0.39 is 6.10 Å². The fourth-order valence-electron chi connectivity index (χ4n) is 11.0. The molecule has 0 radical (unpaired) electrons. The lowest BCUT2D eigenvalue weighted by Crippen LogP contribution is -2.30. The minimum atomic E-state index is -0.775. The highest BCUT2D eigenvalue weighted by atomic mass is 16.6. The summed E-state index contributed by atoms with van der Waals surface area (Å²) in [7, 11) is 0. The molecule has 0 fully saturated rings. The van der Waals surface area contributed by atoms with E-state index in [1.54, 1.807) is 0 Å². The molecule has 0 amide bonds. The zero-order chi connectivity index (χ0) is 58.5. The van der Waals surface area contributed by atoms with Crippen molar-refractivity contribution in [3.63, 3.8) is 0 Å². The SMILES string of the molecule is CC/C=C\C/C=C\C/C=C\C/C=C\CCCCCCCCCCC(=O)OC(COC(=O)CCCCCCCCCCCC)COC(=O)CCCCCCCCCCCCCCCCCCCCCCCCCCCCCCCCCC. The number of esters is 3. The van der Waals surface area contributed by atoms with Gasteiger partial charge in [-0.2, -0.15) is 0 Å². The Kier molecular flexibility index (Phi) is 67.6. The summed E-state index contributed by atoms with van der Waals surface area (Å²) in [5, 5.41) is 0. The van der Waals surface area contributed by atoms with Crippen molar-refractivity contribution in [1.29, 1.82) is 0 Å². The van der Waals surface area contributed by atoms with Gasteiger partial charge in [-0.15, -0.1) is 0 Å². The molecule has 0 aromatic carbocycles. The van der Waals surface area contributed by atoms with Crippen LogP contribution in [0.5, 0.6) is 0 Å². The topological polar surface area (TPSA) is 78.9 Å². The van der Waals surface area contributed by atoms with Crippen molar-refractivity contribution < 1.29 is 28.6 Å². The van der Waals surface area contributed by atoms with E-state index in [0.717, 1.165) is 89.9 Å². The van der Waals surface area contributed by atoms with Crippen molar-refractivity contribution in [3.05, 3.63) is 48.6 Å². The lowest BCUT2D eigenvalue weighted by molar-refractivity contribution is -0.167. The monoisotopic (exact) mass is 1140 g/mol. The quantitative estimate of drug-likeness (QED) is 0.0261. The molecule has 0 aromatic rings. The lowest BCUT2D eigenvalue weighted by atomic mass is 10.0. The summed E-state index contributed by atoms with van der Waals surface area (Å²) in [5.74, 6) is -0.856. The van der Waals surface area contributed by atoms with Crippen LogP contribution in [0, 0.1) is 0 Å². The molecule has 0 aromatic heterocycles. The maximum absolute atomic E-state index is 12.9. The third-order valence-electron chi connectivity index (χ3n) is 16.3. The minimum absolute atomic E-state index is 0.0714. The Hall–Kier alpha value is -2.63. The van der Waals surface area contributed by atoms with Crippen LogP contribution in [-0.2, 0) is 28.6 Å². The zero-order valence-corrected chi connectivity index (χ0v) is 54.6. The van der Waals surface area contributed by atoms with Crippen molar-refractivity contribution in [3.8, 4) is 0 Å². The first-order valence-electron chi connectivity index (χ1n) is 36.1. The molecule has 81 heavy (non-hydrogen) atoms. The van der Waals surface area contributed by atoms with E-state index in [4.69, 9.17) is 14.2 Å². The van der Waals surface area contributed by atoms with Gasteiger partial charge in [0, 0.05) is 19.3 Å². The molecule has 474 valence electrons. The van der Waals surface area contributed by atoms with Crippen molar-refractivity contribution >= 4 is 17.9 Å². The van der Waals surface area contributed by atoms with Crippen LogP contribution in [0.25, 0.3) is 0 Å². The Labute approximate surface area is 505 Å². The first-order chi connectivity index (χ1) is 40.0. The van der Waals surface area contributed by atoms with Gasteiger partial charge in [0.2, 0.25) is 0 Å². The summed E-state index contributed by atoms with van der Waals surface area (Å²) in [6, 6.07) is 0. The average molecular weight is 1140 g/mol. The molecule has 0 rings (SSSR count). The van der Waals surface area contributed by atoms with E-state index >= 15 is 0 Å². The van der Waals surface area contributed by atoms with Gasteiger partial charge in [-0.25, -0.2) is 0 Å². The number of rotatable bonds is 67. The molecule has 0 N–H and O–H groups in total. The molecule has 1 unspecified atom stereocenters. The second kappa shape index (κ2) is 69.9. The Morgan fingerprint density at radius 3 is 0.753 bits per heavy atom. The molecular formula is C75H138O6.